The summed E-state index contributed by atoms with van der Waals surface area (Å²) in [6.45, 7) is 6.96. The van der Waals surface area contributed by atoms with Crippen LogP contribution in [0.1, 0.15) is 94.4 Å². The summed E-state index contributed by atoms with van der Waals surface area (Å²) in [6.07, 6.45) is 9.20. The van der Waals surface area contributed by atoms with Crippen molar-refractivity contribution in [2.45, 2.75) is 107 Å². The summed E-state index contributed by atoms with van der Waals surface area (Å²) < 4.78 is 51.0. The van der Waals surface area contributed by atoms with E-state index < -0.39 is 15.8 Å². The van der Waals surface area contributed by atoms with Crippen molar-refractivity contribution < 1.29 is 32.2 Å². The van der Waals surface area contributed by atoms with Gasteiger partial charge in [-0.3, -0.25) is 0 Å². The van der Waals surface area contributed by atoms with E-state index in [-0.39, 0.29) is 18.2 Å². The van der Waals surface area contributed by atoms with Crippen molar-refractivity contribution >= 4 is 16.1 Å². The predicted molar refractivity (Wildman–Crippen MR) is 163 cm³/mol. The molecule has 9 nitrogen and oxygen atoms in total. The molecular formula is C33H46N2O7S. The molecule has 0 radical (unpaired) electrons. The van der Waals surface area contributed by atoms with Crippen molar-refractivity contribution in [2.24, 2.45) is 0 Å². The second-order valence-corrected chi connectivity index (χ2v) is 14.1. The number of rotatable bonds is 16. The number of benzene rings is 2. The van der Waals surface area contributed by atoms with Crippen LogP contribution in [0, 0.1) is 0 Å². The molecule has 236 valence electrons. The first-order valence-corrected chi connectivity index (χ1v) is 17.3. The van der Waals surface area contributed by atoms with Crippen LogP contribution in [-0.4, -0.2) is 57.5 Å². The smallest absolute Gasteiger partial charge is 0.410 e. The zero-order chi connectivity index (χ0) is 30.3. The van der Waals surface area contributed by atoms with Crippen LogP contribution in [0.25, 0.3) is 0 Å². The molecule has 2 aliphatic heterocycles. The Kier molecular flexibility index (Phi) is 10.6. The van der Waals surface area contributed by atoms with Gasteiger partial charge in [0.2, 0.25) is 15.8 Å². The Labute approximate surface area is 256 Å². The number of ether oxygens (including phenoxy) is 4. The van der Waals surface area contributed by atoms with E-state index in [1.807, 2.05) is 44.2 Å². The lowest BCUT2D eigenvalue weighted by atomic mass is 9.94. The van der Waals surface area contributed by atoms with Gasteiger partial charge in [-0.1, -0.05) is 37.5 Å². The lowest BCUT2D eigenvalue weighted by Gasteiger charge is -2.32. The van der Waals surface area contributed by atoms with E-state index >= 15 is 0 Å². The van der Waals surface area contributed by atoms with Crippen LogP contribution in [0.3, 0.4) is 0 Å². The van der Waals surface area contributed by atoms with E-state index in [9.17, 15) is 13.2 Å². The van der Waals surface area contributed by atoms with Crippen LogP contribution in [0.15, 0.2) is 47.4 Å². The number of carbonyl (C=O) groups is 1. The van der Waals surface area contributed by atoms with Gasteiger partial charge in [0.1, 0.15) is 11.9 Å². The first kappa shape index (κ1) is 31.8. The van der Waals surface area contributed by atoms with Crippen LogP contribution in [0.4, 0.5) is 4.79 Å². The highest BCUT2D eigenvalue weighted by atomic mass is 32.2. The van der Waals surface area contributed by atoms with E-state index in [4.69, 9.17) is 18.9 Å². The summed E-state index contributed by atoms with van der Waals surface area (Å²) in [5.41, 5.74) is 2.99. The van der Waals surface area contributed by atoms with Crippen LogP contribution < -0.4 is 9.46 Å². The fraction of sp³-hybridized carbons (Fsp3) is 0.606. The van der Waals surface area contributed by atoms with Crippen molar-refractivity contribution in [1.29, 1.82) is 0 Å². The number of amides is 1. The SMILES string of the molecule is CC1(C)OCc2cc(C3CN(CCCCCCOCCCCc4cccc(S(=O)(=O)NC5CCC5)c4)C(=O)O3)ccc2O1. The number of nitrogens with one attached hydrogen (secondary N) is 1. The highest BCUT2D eigenvalue weighted by Crippen LogP contribution is 2.35. The van der Waals surface area contributed by atoms with E-state index in [0.717, 1.165) is 93.3 Å². The predicted octanol–water partition coefficient (Wildman–Crippen LogP) is 6.26. The van der Waals surface area contributed by atoms with Crippen molar-refractivity contribution in [3.8, 4) is 5.75 Å². The molecule has 2 fully saturated rings. The van der Waals surface area contributed by atoms with E-state index in [0.29, 0.717) is 31.2 Å². The molecule has 1 saturated heterocycles. The Balaban J connectivity index is 0.901. The van der Waals surface area contributed by atoms with Crippen LogP contribution in [0.2, 0.25) is 0 Å². The van der Waals surface area contributed by atoms with Crippen LogP contribution >= 0.6 is 0 Å². The normalized spacial score (nSPS) is 19.9. The molecule has 1 atom stereocenters. The molecule has 1 saturated carbocycles. The lowest BCUT2D eigenvalue weighted by molar-refractivity contribution is -0.180. The monoisotopic (exact) mass is 614 g/mol. The van der Waals surface area contributed by atoms with Gasteiger partial charge >= 0.3 is 6.09 Å². The van der Waals surface area contributed by atoms with Gasteiger partial charge in [0.25, 0.3) is 0 Å². The maximum atomic E-state index is 12.6. The molecule has 2 heterocycles. The second kappa shape index (κ2) is 14.4. The average molecular weight is 615 g/mol. The number of nitrogens with zero attached hydrogens (tertiary/aromatic N) is 1. The second-order valence-electron chi connectivity index (χ2n) is 12.4. The third-order valence-corrected chi connectivity index (χ3v) is 9.90. The topological polar surface area (TPSA) is 103 Å². The number of cyclic esters (lactones) is 1. The quantitative estimate of drug-likeness (QED) is 0.223. The first-order valence-electron chi connectivity index (χ1n) is 15.8. The Morgan fingerprint density at radius 1 is 1.00 bits per heavy atom. The van der Waals surface area contributed by atoms with E-state index in [2.05, 4.69) is 4.72 Å². The van der Waals surface area contributed by atoms with E-state index in [1.54, 1.807) is 17.0 Å². The minimum absolute atomic E-state index is 0.0917. The van der Waals surface area contributed by atoms with Crippen LogP contribution in [-0.2, 0) is 37.3 Å². The third-order valence-electron chi connectivity index (χ3n) is 8.38. The first-order chi connectivity index (χ1) is 20.7. The Morgan fingerprint density at radius 2 is 1.79 bits per heavy atom. The Morgan fingerprint density at radius 3 is 2.58 bits per heavy atom. The van der Waals surface area contributed by atoms with Gasteiger partial charge in [0.15, 0.2) is 0 Å². The molecular weight excluding hydrogens is 568 g/mol. The zero-order valence-corrected chi connectivity index (χ0v) is 26.3. The highest BCUT2D eigenvalue weighted by molar-refractivity contribution is 7.89. The summed E-state index contributed by atoms with van der Waals surface area (Å²) in [7, 11) is -3.43. The molecule has 5 rings (SSSR count). The maximum absolute atomic E-state index is 12.6. The third kappa shape index (κ3) is 8.94. The number of aryl methyl sites for hydroxylation is 1. The number of carbonyl (C=O) groups excluding carboxylic acids is 1. The van der Waals surface area contributed by atoms with Crippen molar-refractivity contribution in [2.75, 3.05) is 26.3 Å². The molecule has 1 N–H and O–H groups in total. The minimum atomic E-state index is -3.43. The molecule has 10 heteroatoms. The highest BCUT2D eigenvalue weighted by Gasteiger charge is 2.33. The maximum Gasteiger partial charge on any atom is 0.410 e. The van der Waals surface area contributed by atoms with Gasteiger partial charge in [0.05, 0.1) is 18.0 Å². The Bertz CT molecular complexity index is 1340. The van der Waals surface area contributed by atoms with Crippen molar-refractivity contribution in [1.82, 2.24) is 9.62 Å². The molecule has 1 unspecified atom stereocenters. The summed E-state index contributed by atoms with van der Waals surface area (Å²) in [5, 5.41) is 0. The molecule has 3 aliphatic rings. The molecule has 0 bridgehead atoms. The molecule has 43 heavy (non-hydrogen) atoms. The van der Waals surface area contributed by atoms with Gasteiger partial charge in [0, 0.05) is 45.2 Å². The van der Waals surface area contributed by atoms with Crippen molar-refractivity contribution in [3.05, 3.63) is 59.2 Å². The molecule has 2 aromatic carbocycles. The molecule has 1 aliphatic carbocycles. The molecule has 1 amide bonds. The summed E-state index contributed by atoms with van der Waals surface area (Å²) >= 11 is 0. The summed E-state index contributed by atoms with van der Waals surface area (Å²) in [4.78, 5) is 14.6. The van der Waals surface area contributed by atoms with E-state index in [1.165, 1.54) is 0 Å². The summed E-state index contributed by atoms with van der Waals surface area (Å²) in [6, 6.07) is 13.3. The average Bonchev–Trinajstić information content (AvgIpc) is 3.33. The molecule has 0 spiro atoms. The number of sulfonamides is 1. The largest absolute Gasteiger partial charge is 0.463 e. The van der Waals surface area contributed by atoms with Crippen molar-refractivity contribution in [3.63, 3.8) is 0 Å². The number of hydrogen-bond donors (Lipinski definition) is 1. The number of fused-ring (bicyclic) bond motifs is 1. The minimum Gasteiger partial charge on any atom is -0.463 e. The fourth-order valence-corrected chi connectivity index (χ4v) is 6.97. The van der Waals surface area contributed by atoms with Gasteiger partial charge < -0.3 is 23.8 Å². The zero-order valence-electron chi connectivity index (χ0n) is 25.5. The standard InChI is InChI=1S/C33H46N2O7S/c1-33(2)40-24-27-22-26(16-17-30(27)42-33)31-23-35(32(36)41-31)18-6-3-4-7-19-39-20-8-5-11-25-12-9-15-29(21-25)43(37,38)34-28-13-10-14-28/h9,12,15-17,21-22,28,31,34H,3-8,10-11,13-14,18-20,23-24H2,1-2H3. The molecule has 2 aromatic rings. The van der Waals surface area contributed by atoms with Gasteiger partial charge in [-0.25, -0.2) is 17.9 Å². The lowest BCUT2D eigenvalue weighted by Crippen LogP contribution is -2.39. The summed E-state index contributed by atoms with van der Waals surface area (Å²) in [5.74, 6) is 0.186. The van der Waals surface area contributed by atoms with Gasteiger partial charge in [-0.15, -0.1) is 0 Å². The van der Waals surface area contributed by atoms with Gasteiger partial charge in [-0.05, 0) is 80.3 Å². The fourth-order valence-electron chi connectivity index (χ4n) is 5.60. The van der Waals surface area contributed by atoms with Crippen LogP contribution in [0.5, 0.6) is 5.75 Å². The molecule has 0 aromatic heterocycles. The van der Waals surface area contributed by atoms with Gasteiger partial charge in [-0.2, -0.15) is 0 Å². The number of unbranched alkanes of at least 4 members (excludes halogenated alkanes) is 4. The Hall–Kier alpha value is -2.66. The number of hydrogen-bond acceptors (Lipinski definition) is 7.